The third-order valence-electron chi connectivity index (χ3n) is 4.63. The third kappa shape index (κ3) is 1.70. The Morgan fingerprint density at radius 1 is 1.61 bits per heavy atom. The van der Waals surface area contributed by atoms with Gasteiger partial charge in [0, 0.05) is 0 Å². The molecule has 3 nitrogen and oxygen atoms in total. The number of fused-ring (bicyclic) bond motifs is 1. The Bertz CT molecular complexity index is 460. The lowest BCUT2D eigenvalue weighted by Gasteiger charge is -2.47. The molecule has 0 amide bonds. The molecule has 2 N–H and O–H groups in total. The lowest BCUT2D eigenvalue weighted by molar-refractivity contribution is -0.134. The fourth-order valence-corrected chi connectivity index (χ4v) is 2.93. The second-order valence-electron chi connectivity index (χ2n) is 5.72. The number of aliphatic hydroxyl groups is 2. The monoisotopic (exact) mass is 248 g/mol. The highest BCUT2D eigenvalue weighted by Crippen LogP contribution is 2.51. The standard InChI is InChI=1S/C15H20O3/c1-10-5-4-6-12-7-13(17)15(18,11(2)8-16)9-14(10,12)3/h4,6-7,10,16,18H,2,5,8-9H2,1,3H3/t10-,14+,15+/m0/s1. The average Bonchev–Trinajstić information content (AvgIpc) is 2.33. The van der Waals surface area contributed by atoms with E-state index in [1.165, 1.54) is 6.08 Å². The smallest absolute Gasteiger partial charge is 0.191 e. The molecule has 0 spiro atoms. The predicted octanol–water partition coefficient (Wildman–Crippen LogP) is 1.77. The van der Waals surface area contributed by atoms with E-state index in [-0.39, 0.29) is 23.4 Å². The quantitative estimate of drug-likeness (QED) is 0.732. The van der Waals surface area contributed by atoms with Crippen molar-refractivity contribution in [2.75, 3.05) is 6.61 Å². The summed E-state index contributed by atoms with van der Waals surface area (Å²) >= 11 is 0. The second kappa shape index (κ2) is 4.18. The van der Waals surface area contributed by atoms with E-state index in [4.69, 9.17) is 5.11 Å². The summed E-state index contributed by atoms with van der Waals surface area (Å²) in [4.78, 5) is 12.1. The van der Waals surface area contributed by atoms with Gasteiger partial charge in [-0.3, -0.25) is 4.79 Å². The lowest BCUT2D eigenvalue weighted by Crippen LogP contribution is -2.50. The van der Waals surface area contributed by atoms with Crippen LogP contribution in [0.15, 0.2) is 36.0 Å². The molecule has 3 heteroatoms. The maximum atomic E-state index is 12.1. The maximum absolute atomic E-state index is 12.1. The number of carbonyl (C=O) groups excluding carboxylic acids is 1. The van der Waals surface area contributed by atoms with Gasteiger partial charge in [-0.2, -0.15) is 0 Å². The van der Waals surface area contributed by atoms with Crippen molar-refractivity contribution in [3.8, 4) is 0 Å². The molecule has 0 radical (unpaired) electrons. The van der Waals surface area contributed by atoms with Crippen LogP contribution in [0.5, 0.6) is 0 Å². The molecule has 0 unspecified atom stereocenters. The molecule has 2 aliphatic rings. The summed E-state index contributed by atoms with van der Waals surface area (Å²) in [6.07, 6.45) is 6.78. The molecule has 0 aromatic heterocycles. The highest BCUT2D eigenvalue weighted by molar-refractivity contribution is 6.01. The Kier molecular flexibility index (Phi) is 3.07. The van der Waals surface area contributed by atoms with E-state index in [1.807, 2.05) is 6.08 Å². The van der Waals surface area contributed by atoms with Gasteiger partial charge in [0.25, 0.3) is 0 Å². The molecule has 18 heavy (non-hydrogen) atoms. The van der Waals surface area contributed by atoms with Crippen LogP contribution in [0.2, 0.25) is 0 Å². The van der Waals surface area contributed by atoms with E-state index < -0.39 is 5.60 Å². The van der Waals surface area contributed by atoms with Crippen molar-refractivity contribution in [2.24, 2.45) is 11.3 Å². The molecule has 0 aromatic carbocycles. The van der Waals surface area contributed by atoms with E-state index in [0.29, 0.717) is 12.3 Å². The molecule has 0 fully saturated rings. The number of aliphatic hydroxyl groups excluding tert-OH is 1. The maximum Gasteiger partial charge on any atom is 0.191 e. The number of hydrogen-bond donors (Lipinski definition) is 2. The average molecular weight is 248 g/mol. The van der Waals surface area contributed by atoms with Gasteiger partial charge in [0.05, 0.1) is 6.61 Å². The molecule has 2 rings (SSSR count). The zero-order valence-electron chi connectivity index (χ0n) is 10.9. The number of hydrogen-bond acceptors (Lipinski definition) is 3. The molecule has 0 saturated carbocycles. The minimum atomic E-state index is -1.62. The number of allylic oxidation sites excluding steroid dienone is 3. The molecule has 3 atom stereocenters. The zero-order chi connectivity index (χ0) is 13.6. The van der Waals surface area contributed by atoms with E-state index in [2.05, 4.69) is 26.5 Å². The normalized spacial score (nSPS) is 39.2. The Labute approximate surface area is 108 Å². The van der Waals surface area contributed by atoms with Crippen molar-refractivity contribution in [2.45, 2.75) is 32.3 Å². The third-order valence-corrected chi connectivity index (χ3v) is 4.63. The lowest BCUT2D eigenvalue weighted by atomic mass is 9.58. The first-order valence-electron chi connectivity index (χ1n) is 6.29. The topological polar surface area (TPSA) is 57.5 Å². The molecule has 0 saturated heterocycles. The van der Waals surface area contributed by atoms with Gasteiger partial charge < -0.3 is 10.2 Å². The van der Waals surface area contributed by atoms with Crippen LogP contribution in [0, 0.1) is 11.3 Å². The summed E-state index contributed by atoms with van der Waals surface area (Å²) in [7, 11) is 0. The van der Waals surface area contributed by atoms with Crippen LogP contribution in [0.3, 0.4) is 0 Å². The Morgan fingerprint density at radius 2 is 2.28 bits per heavy atom. The Balaban J connectivity index is 2.50. The molecule has 0 aliphatic heterocycles. The van der Waals surface area contributed by atoms with Crippen molar-refractivity contribution in [3.05, 3.63) is 36.0 Å². The first-order chi connectivity index (χ1) is 8.34. The molecule has 98 valence electrons. The number of rotatable bonds is 2. The summed E-state index contributed by atoms with van der Waals surface area (Å²) < 4.78 is 0. The van der Waals surface area contributed by atoms with Gasteiger partial charge in [0.2, 0.25) is 0 Å². The first-order valence-corrected chi connectivity index (χ1v) is 6.29. The summed E-state index contributed by atoms with van der Waals surface area (Å²) in [6, 6.07) is 0. The summed E-state index contributed by atoms with van der Waals surface area (Å²) in [6.45, 7) is 7.46. The van der Waals surface area contributed by atoms with Crippen LogP contribution in [0.25, 0.3) is 0 Å². The Morgan fingerprint density at radius 3 is 2.89 bits per heavy atom. The van der Waals surface area contributed by atoms with Crippen LogP contribution in [0.1, 0.15) is 26.7 Å². The van der Waals surface area contributed by atoms with Crippen molar-refractivity contribution in [3.63, 3.8) is 0 Å². The minimum Gasteiger partial charge on any atom is -0.392 e. The van der Waals surface area contributed by atoms with E-state index in [1.54, 1.807) is 0 Å². The van der Waals surface area contributed by atoms with Gasteiger partial charge in [-0.15, -0.1) is 0 Å². The van der Waals surface area contributed by atoms with Crippen molar-refractivity contribution >= 4 is 5.78 Å². The molecular formula is C15H20O3. The Hall–Kier alpha value is -1.19. The van der Waals surface area contributed by atoms with Gasteiger partial charge in [-0.05, 0) is 41.4 Å². The highest BCUT2D eigenvalue weighted by Gasteiger charge is 2.51. The van der Waals surface area contributed by atoms with Gasteiger partial charge in [-0.1, -0.05) is 32.6 Å². The second-order valence-corrected chi connectivity index (χ2v) is 5.72. The zero-order valence-corrected chi connectivity index (χ0v) is 10.9. The predicted molar refractivity (Wildman–Crippen MR) is 69.9 cm³/mol. The van der Waals surface area contributed by atoms with Crippen LogP contribution < -0.4 is 0 Å². The molecule has 2 aliphatic carbocycles. The summed E-state index contributed by atoms with van der Waals surface area (Å²) in [5, 5.41) is 19.7. The van der Waals surface area contributed by atoms with E-state index >= 15 is 0 Å². The van der Waals surface area contributed by atoms with Crippen molar-refractivity contribution < 1.29 is 15.0 Å². The largest absolute Gasteiger partial charge is 0.392 e. The SMILES string of the molecule is C=C(CO)[C@]1(O)C[C@@]2(C)C(=CC1=O)C=CC[C@@H]2C. The van der Waals surface area contributed by atoms with E-state index in [0.717, 1.165) is 12.0 Å². The van der Waals surface area contributed by atoms with Crippen molar-refractivity contribution in [1.82, 2.24) is 0 Å². The van der Waals surface area contributed by atoms with Crippen LogP contribution >= 0.6 is 0 Å². The molecular weight excluding hydrogens is 228 g/mol. The fraction of sp³-hybridized carbons (Fsp3) is 0.533. The summed E-state index contributed by atoms with van der Waals surface area (Å²) in [5.74, 6) is -0.0207. The van der Waals surface area contributed by atoms with Crippen LogP contribution in [0.4, 0.5) is 0 Å². The molecule has 0 bridgehead atoms. The van der Waals surface area contributed by atoms with Crippen LogP contribution in [-0.4, -0.2) is 28.2 Å². The van der Waals surface area contributed by atoms with Gasteiger partial charge >= 0.3 is 0 Å². The van der Waals surface area contributed by atoms with Gasteiger partial charge in [0.15, 0.2) is 11.4 Å². The molecule has 0 aromatic rings. The summed E-state index contributed by atoms with van der Waals surface area (Å²) in [5.41, 5.74) is -0.699. The number of ketones is 1. The fourth-order valence-electron chi connectivity index (χ4n) is 2.93. The highest BCUT2D eigenvalue weighted by atomic mass is 16.3. The van der Waals surface area contributed by atoms with Crippen LogP contribution in [-0.2, 0) is 4.79 Å². The number of carbonyl (C=O) groups is 1. The van der Waals surface area contributed by atoms with Gasteiger partial charge in [-0.25, -0.2) is 0 Å². The molecule has 0 heterocycles. The first kappa shape index (κ1) is 13.2. The minimum absolute atomic E-state index is 0.186. The van der Waals surface area contributed by atoms with Gasteiger partial charge in [0.1, 0.15) is 0 Å². The van der Waals surface area contributed by atoms with E-state index in [9.17, 15) is 9.90 Å². The van der Waals surface area contributed by atoms with Crippen molar-refractivity contribution in [1.29, 1.82) is 0 Å².